The molecular formula is C10H13N3O4S. The minimum absolute atomic E-state index is 0.101. The molecule has 0 aliphatic heterocycles. The molecule has 1 aromatic heterocycles. The van der Waals surface area contributed by atoms with Crippen molar-refractivity contribution in [3.05, 3.63) is 32.3 Å². The van der Waals surface area contributed by atoms with Gasteiger partial charge in [-0.15, -0.1) is 11.3 Å². The lowest BCUT2D eigenvalue weighted by molar-refractivity contribution is 0.0172. The number of hydrogen-bond donors (Lipinski definition) is 2. The van der Waals surface area contributed by atoms with Crippen LogP contribution >= 0.6 is 11.3 Å². The van der Waals surface area contributed by atoms with E-state index in [2.05, 4.69) is 14.8 Å². The molecule has 0 fully saturated rings. The highest BCUT2D eigenvalue weighted by Crippen LogP contribution is 2.27. The van der Waals surface area contributed by atoms with Crippen LogP contribution < -0.4 is 0 Å². The Morgan fingerprint density at radius 2 is 2.33 bits per heavy atom. The Labute approximate surface area is 107 Å². The molecule has 2 unspecified atom stereocenters. The number of hydrogen-bond acceptors (Lipinski definition) is 6. The maximum atomic E-state index is 11.2. The fraction of sp³-hybridized carbons (Fsp3) is 0.500. The highest BCUT2D eigenvalue weighted by molar-refractivity contribution is 7.14. The first-order valence-corrected chi connectivity index (χ1v) is 5.96. The number of nitrogens with zero attached hydrogens (tertiary/aromatic N) is 3. The third kappa shape index (κ3) is 3.71. The first-order valence-electron chi connectivity index (χ1n) is 5.15. The van der Waals surface area contributed by atoms with Crippen molar-refractivity contribution in [1.29, 1.82) is 0 Å². The average molecular weight is 271 g/mol. The molecule has 1 heterocycles. The quantitative estimate of drug-likeness (QED) is 0.354. The van der Waals surface area contributed by atoms with Gasteiger partial charge in [0.25, 0.3) is 0 Å². The number of thiophene rings is 1. The highest BCUT2D eigenvalue weighted by atomic mass is 32.1. The summed E-state index contributed by atoms with van der Waals surface area (Å²) in [6.45, 7) is 0.101. The van der Waals surface area contributed by atoms with Gasteiger partial charge in [0.05, 0.1) is 13.2 Å². The topological polar surface area (TPSA) is 116 Å². The molecule has 8 heteroatoms. The van der Waals surface area contributed by atoms with Crippen molar-refractivity contribution in [2.45, 2.75) is 18.6 Å². The van der Waals surface area contributed by atoms with Crippen molar-refractivity contribution in [1.82, 2.24) is 0 Å². The SMILES string of the molecule is COC(=O)c1ccc(C(O)C(O)CCN=[N+]=[N-])s1. The monoisotopic (exact) mass is 271 g/mol. The zero-order valence-corrected chi connectivity index (χ0v) is 10.5. The van der Waals surface area contributed by atoms with Gasteiger partial charge in [-0.1, -0.05) is 5.11 Å². The zero-order chi connectivity index (χ0) is 13.5. The smallest absolute Gasteiger partial charge is 0.348 e. The predicted molar refractivity (Wildman–Crippen MR) is 65.3 cm³/mol. The minimum Gasteiger partial charge on any atom is -0.465 e. The second-order valence-electron chi connectivity index (χ2n) is 3.45. The van der Waals surface area contributed by atoms with Crippen LogP contribution in [0.4, 0.5) is 0 Å². The lowest BCUT2D eigenvalue weighted by Crippen LogP contribution is -2.18. The number of esters is 1. The van der Waals surface area contributed by atoms with Crippen LogP contribution in [0, 0.1) is 0 Å². The van der Waals surface area contributed by atoms with Crippen LogP contribution in [-0.2, 0) is 4.74 Å². The van der Waals surface area contributed by atoms with Crippen molar-refractivity contribution >= 4 is 17.3 Å². The molecule has 0 aromatic carbocycles. The van der Waals surface area contributed by atoms with Crippen LogP contribution in [0.25, 0.3) is 10.4 Å². The van der Waals surface area contributed by atoms with Crippen LogP contribution in [0.1, 0.15) is 27.1 Å². The van der Waals surface area contributed by atoms with Gasteiger partial charge in [0.2, 0.25) is 0 Å². The van der Waals surface area contributed by atoms with Gasteiger partial charge in [0.15, 0.2) is 0 Å². The van der Waals surface area contributed by atoms with Gasteiger partial charge in [-0.3, -0.25) is 0 Å². The maximum Gasteiger partial charge on any atom is 0.348 e. The molecule has 0 aliphatic rings. The molecule has 0 aliphatic carbocycles. The molecule has 0 radical (unpaired) electrons. The lowest BCUT2D eigenvalue weighted by Gasteiger charge is -2.15. The van der Waals surface area contributed by atoms with Crippen molar-refractivity contribution < 1.29 is 19.7 Å². The van der Waals surface area contributed by atoms with Gasteiger partial charge in [0, 0.05) is 16.3 Å². The van der Waals surface area contributed by atoms with E-state index in [4.69, 9.17) is 5.53 Å². The molecule has 2 N–H and O–H groups in total. The van der Waals surface area contributed by atoms with E-state index in [0.717, 1.165) is 11.3 Å². The van der Waals surface area contributed by atoms with Crippen molar-refractivity contribution in [3.63, 3.8) is 0 Å². The summed E-state index contributed by atoms with van der Waals surface area (Å²) in [4.78, 5) is 14.6. The number of aliphatic hydroxyl groups excluding tert-OH is 2. The molecular weight excluding hydrogens is 258 g/mol. The van der Waals surface area contributed by atoms with Crippen molar-refractivity contribution in [2.75, 3.05) is 13.7 Å². The molecule has 0 bridgehead atoms. The Morgan fingerprint density at radius 3 is 2.94 bits per heavy atom. The Balaban J connectivity index is 2.65. The van der Waals surface area contributed by atoms with E-state index >= 15 is 0 Å². The predicted octanol–water partition coefficient (Wildman–Crippen LogP) is 1.63. The Hall–Kier alpha value is -1.60. The third-order valence-corrected chi connectivity index (χ3v) is 3.39. The molecule has 0 spiro atoms. The molecule has 7 nitrogen and oxygen atoms in total. The first kappa shape index (κ1) is 14.5. The maximum absolute atomic E-state index is 11.2. The number of methoxy groups -OCH3 is 1. The molecule has 1 aromatic rings. The van der Waals surface area contributed by atoms with E-state index in [1.54, 1.807) is 6.07 Å². The van der Waals surface area contributed by atoms with E-state index in [0.29, 0.717) is 9.75 Å². The highest BCUT2D eigenvalue weighted by Gasteiger charge is 2.21. The summed E-state index contributed by atoms with van der Waals surface area (Å²) in [5.41, 5.74) is 8.09. The fourth-order valence-corrected chi connectivity index (χ4v) is 2.27. The van der Waals surface area contributed by atoms with Crippen LogP contribution in [0.3, 0.4) is 0 Å². The summed E-state index contributed by atoms with van der Waals surface area (Å²) in [6, 6.07) is 3.08. The number of ether oxygens (including phenoxy) is 1. The summed E-state index contributed by atoms with van der Waals surface area (Å²) in [6.07, 6.45) is -2.00. The van der Waals surface area contributed by atoms with E-state index in [9.17, 15) is 15.0 Å². The second kappa shape index (κ2) is 6.97. The standard InChI is InChI=1S/C10H13N3O4S/c1-17-10(16)8-3-2-7(18-8)9(15)6(14)4-5-12-13-11/h2-3,6,9,14-15H,4-5H2,1H3. The van der Waals surface area contributed by atoms with Gasteiger partial charge in [-0.2, -0.15) is 0 Å². The summed E-state index contributed by atoms with van der Waals surface area (Å²) < 4.78 is 4.54. The Bertz CT molecular complexity index is 456. The number of carbonyl (C=O) groups is 1. The Kier molecular flexibility index (Phi) is 5.60. The Morgan fingerprint density at radius 1 is 1.61 bits per heavy atom. The lowest BCUT2D eigenvalue weighted by atomic mass is 10.1. The molecule has 18 heavy (non-hydrogen) atoms. The number of rotatable bonds is 6. The van der Waals surface area contributed by atoms with Gasteiger partial charge in [0.1, 0.15) is 11.0 Å². The summed E-state index contributed by atoms with van der Waals surface area (Å²) >= 11 is 1.05. The van der Waals surface area contributed by atoms with Crippen LogP contribution in [0.2, 0.25) is 0 Å². The summed E-state index contributed by atoms with van der Waals surface area (Å²) in [5, 5.41) is 22.8. The largest absolute Gasteiger partial charge is 0.465 e. The van der Waals surface area contributed by atoms with E-state index in [1.807, 2.05) is 0 Å². The van der Waals surface area contributed by atoms with Crippen LogP contribution in [-0.4, -0.2) is 35.9 Å². The van der Waals surface area contributed by atoms with E-state index < -0.39 is 18.2 Å². The molecule has 0 saturated carbocycles. The van der Waals surface area contributed by atoms with Gasteiger partial charge < -0.3 is 14.9 Å². The average Bonchev–Trinajstić information content (AvgIpc) is 2.86. The number of carbonyl (C=O) groups excluding carboxylic acids is 1. The van der Waals surface area contributed by atoms with E-state index in [1.165, 1.54) is 13.2 Å². The fourth-order valence-electron chi connectivity index (χ4n) is 1.30. The second-order valence-corrected chi connectivity index (χ2v) is 4.56. The van der Waals surface area contributed by atoms with Crippen LogP contribution in [0.15, 0.2) is 17.2 Å². The van der Waals surface area contributed by atoms with Gasteiger partial charge in [-0.25, -0.2) is 4.79 Å². The molecule has 2 atom stereocenters. The first-order chi connectivity index (χ1) is 8.60. The van der Waals surface area contributed by atoms with Crippen molar-refractivity contribution in [2.24, 2.45) is 5.11 Å². The minimum atomic E-state index is -1.11. The summed E-state index contributed by atoms with van der Waals surface area (Å²) in [7, 11) is 1.27. The summed E-state index contributed by atoms with van der Waals surface area (Å²) in [5.74, 6) is -0.484. The van der Waals surface area contributed by atoms with E-state index in [-0.39, 0.29) is 13.0 Å². The number of azide groups is 1. The van der Waals surface area contributed by atoms with Gasteiger partial charge in [-0.05, 0) is 24.1 Å². The molecule has 1 rings (SSSR count). The molecule has 0 saturated heterocycles. The normalized spacial score (nSPS) is 13.5. The zero-order valence-electron chi connectivity index (χ0n) is 9.68. The van der Waals surface area contributed by atoms with Gasteiger partial charge >= 0.3 is 5.97 Å². The van der Waals surface area contributed by atoms with Crippen LogP contribution in [0.5, 0.6) is 0 Å². The third-order valence-electron chi connectivity index (χ3n) is 2.26. The molecule has 98 valence electrons. The van der Waals surface area contributed by atoms with Crippen molar-refractivity contribution in [3.8, 4) is 0 Å². The molecule has 0 amide bonds. The number of aliphatic hydroxyl groups is 2.